The number of nitrogens with one attached hydrogen (secondary N) is 1. The van der Waals surface area contributed by atoms with E-state index in [1.165, 1.54) is 19.3 Å². The second-order valence-electron chi connectivity index (χ2n) is 6.21. The summed E-state index contributed by atoms with van der Waals surface area (Å²) in [5.74, 6) is -1.35. The second-order valence-corrected chi connectivity index (χ2v) is 6.21. The van der Waals surface area contributed by atoms with Gasteiger partial charge in [0.2, 0.25) is 5.92 Å². The van der Waals surface area contributed by atoms with Crippen LogP contribution in [0.2, 0.25) is 0 Å². The molecule has 1 N–H and O–H groups in total. The fourth-order valence-corrected chi connectivity index (χ4v) is 3.30. The summed E-state index contributed by atoms with van der Waals surface area (Å²) in [5, 5.41) is 3.37. The molecule has 0 aromatic heterocycles. The summed E-state index contributed by atoms with van der Waals surface area (Å²) >= 11 is 0. The summed E-state index contributed by atoms with van der Waals surface area (Å²) in [5.41, 5.74) is 0. The Kier molecular flexibility index (Phi) is 4.96. The molecule has 0 spiro atoms. The Morgan fingerprint density at radius 2 is 1.89 bits per heavy atom. The number of nitrogens with zero attached hydrogens (tertiary/aromatic N) is 1. The molecular weight excluding hydrogens is 234 g/mol. The molecule has 1 atom stereocenters. The molecule has 0 radical (unpaired) electrons. The van der Waals surface area contributed by atoms with Gasteiger partial charge in [-0.3, -0.25) is 0 Å². The maximum absolute atomic E-state index is 13.1. The minimum atomic E-state index is -2.39. The Morgan fingerprint density at radius 1 is 1.17 bits per heavy atom. The van der Waals surface area contributed by atoms with Crippen molar-refractivity contribution in [2.24, 2.45) is 11.8 Å². The highest BCUT2D eigenvalue weighted by molar-refractivity contribution is 4.82. The predicted octanol–water partition coefficient (Wildman–Crippen LogP) is 2.74. The molecule has 106 valence electrons. The fraction of sp³-hybridized carbons (Fsp3) is 1.00. The molecule has 1 heterocycles. The SMILES string of the molecule is CN(CCC1CCNCC1)CC1CCC(F)(F)C1. The van der Waals surface area contributed by atoms with Crippen LogP contribution in [-0.4, -0.2) is 44.0 Å². The first-order valence-electron chi connectivity index (χ1n) is 7.32. The number of rotatable bonds is 5. The lowest BCUT2D eigenvalue weighted by atomic mass is 9.94. The minimum Gasteiger partial charge on any atom is -0.317 e. The molecule has 2 fully saturated rings. The van der Waals surface area contributed by atoms with Crippen LogP contribution in [-0.2, 0) is 0 Å². The van der Waals surface area contributed by atoms with Gasteiger partial charge in [0, 0.05) is 19.4 Å². The van der Waals surface area contributed by atoms with Crippen molar-refractivity contribution in [2.45, 2.75) is 44.4 Å². The van der Waals surface area contributed by atoms with E-state index in [9.17, 15) is 8.78 Å². The van der Waals surface area contributed by atoms with Gasteiger partial charge in [0.1, 0.15) is 0 Å². The highest BCUT2D eigenvalue weighted by Gasteiger charge is 2.39. The van der Waals surface area contributed by atoms with Gasteiger partial charge >= 0.3 is 0 Å². The van der Waals surface area contributed by atoms with Gasteiger partial charge in [-0.15, -0.1) is 0 Å². The van der Waals surface area contributed by atoms with E-state index in [-0.39, 0.29) is 18.8 Å². The zero-order valence-electron chi connectivity index (χ0n) is 11.4. The summed E-state index contributed by atoms with van der Waals surface area (Å²) in [6.45, 7) is 4.19. The van der Waals surface area contributed by atoms with Gasteiger partial charge < -0.3 is 10.2 Å². The summed E-state index contributed by atoms with van der Waals surface area (Å²) < 4.78 is 26.2. The number of halogens is 2. The Balaban J connectivity index is 1.61. The zero-order chi connectivity index (χ0) is 13.0. The summed E-state index contributed by atoms with van der Waals surface area (Å²) in [4.78, 5) is 2.26. The van der Waals surface area contributed by atoms with Gasteiger partial charge in [0.15, 0.2) is 0 Å². The Morgan fingerprint density at radius 3 is 2.50 bits per heavy atom. The number of alkyl halides is 2. The number of piperidine rings is 1. The molecule has 0 bridgehead atoms. The Hall–Kier alpha value is -0.220. The van der Waals surface area contributed by atoms with Crippen molar-refractivity contribution in [2.75, 3.05) is 33.2 Å². The van der Waals surface area contributed by atoms with Gasteiger partial charge in [-0.2, -0.15) is 0 Å². The first-order valence-corrected chi connectivity index (χ1v) is 7.32. The van der Waals surface area contributed by atoms with Crippen LogP contribution in [0.1, 0.15) is 38.5 Å². The molecule has 1 saturated carbocycles. The molecule has 18 heavy (non-hydrogen) atoms. The van der Waals surface area contributed by atoms with E-state index < -0.39 is 5.92 Å². The van der Waals surface area contributed by atoms with Crippen molar-refractivity contribution >= 4 is 0 Å². The average Bonchev–Trinajstić information content (AvgIpc) is 2.67. The third-order valence-electron chi connectivity index (χ3n) is 4.45. The molecule has 1 unspecified atom stereocenters. The maximum Gasteiger partial charge on any atom is 0.248 e. The predicted molar refractivity (Wildman–Crippen MR) is 70.0 cm³/mol. The van der Waals surface area contributed by atoms with Crippen molar-refractivity contribution in [3.8, 4) is 0 Å². The summed E-state index contributed by atoms with van der Waals surface area (Å²) in [6, 6.07) is 0. The Bertz CT molecular complexity index is 252. The van der Waals surface area contributed by atoms with Crippen LogP contribution in [0.3, 0.4) is 0 Å². The average molecular weight is 260 g/mol. The van der Waals surface area contributed by atoms with Crippen LogP contribution in [0.5, 0.6) is 0 Å². The molecule has 0 aromatic carbocycles. The first kappa shape index (κ1) is 14.2. The van der Waals surface area contributed by atoms with Crippen LogP contribution >= 0.6 is 0 Å². The molecule has 1 saturated heterocycles. The first-order chi connectivity index (χ1) is 8.55. The lowest BCUT2D eigenvalue weighted by Crippen LogP contribution is -2.31. The van der Waals surface area contributed by atoms with Crippen molar-refractivity contribution in [3.05, 3.63) is 0 Å². The molecule has 4 heteroatoms. The topological polar surface area (TPSA) is 15.3 Å². The molecule has 2 rings (SSSR count). The minimum absolute atomic E-state index is 0.0970. The second kappa shape index (κ2) is 6.29. The van der Waals surface area contributed by atoms with Crippen molar-refractivity contribution in [3.63, 3.8) is 0 Å². The quantitative estimate of drug-likeness (QED) is 0.817. The summed E-state index contributed by atoms with van der Waals surface area (Å²) in [7, 11) is 2.08. The van der Waals surface area contributed by atoms with E-state index >= 15 is 0 Å². The molecular formula is C14H26F2N2. The van der Waals surface area contributed by atoms with Gasteiger partial charge in [-0.05, 0) is 64.2 Å². The summed E-state index contributed by atoms with van der Waals surface area (Å²) in [6.07, 6.45) is 4.67. The fourth-order valence-electron chi connectivity index (χ4n) is 3.30. The van der Waals surface area contributed by atoms with Crippen molar-refractivity contribution in [1.29, 1.82) is 0 Å². The number of hydrogen-bond acceptors (Lipinski definition) is 2. The van der Waals surface area contributed by atoms with Crippen molar-refractivity contribution < 1.29 is 8.78 Å². The largest absolute Gasteiger partial charge is 0.317 e. The van der Waals surface area contributed by atoms with Crippen LogP contribution in [0.25, 0.3) is 0 Å². The molecule has 1 aliphatic heterocycles. The van der Waals surface area contributed by atoms with Gasteiger partial charge in [-0.25, -0.2) is 8.78 Å². The maximum atomic E-state index is 13.1. The molecule has 0 aromatic rings. The monoisotopic (exact) mass is 260 g/mol. The lowest BCUT2D eigenvalue weighted by Gasteiger charge is -2.26. The van der Waals surface area contributed by atoms with Crippen LogP contribution in [0.4, 0.5) is 8.78 Å². The Labute approximate surface area is 109 Å². The van der Waals surface area contributed by atoms with E-state index in [1.54, 1.807) is 0 Å². The molecule has 2 aliphatic rings. The molecule has 1 aliphatic carbocycles. The van der Waals surface area contributed by atoms with Crippen LogP contribution in [0.15, 0.2) is 0 Å². The van der Waals surface area contributed by atoms with E-state index in [0.29, 0.717) is 6.42 Å². The van der Waals surface area contributed by atoms with E-state index in [2.05, 4.69) is 17.3 Å². The highest BCUT2D eigenvalue weighted by atomic mass is 19.3. The molecule has 2 nitrogen and oxygen atoms in total. The molecule has 0 amide bonds. The van der Waals surface area contributed by atoms with E-state index in [1.807, 2.05) is 0 Å². The van der Waals surface area contributed by atoms with Crippen LogP contribution < -0.4 is 5.32 Å². The zero-order valence-corrected chi connectivity index (χ0v) is 11.4. The van der Waals surface area contributed by atoms with Crippen LogP contribution in [0, 0.1) is 11.8 Å². The normalized spacial score (nSPS) is 29.0. The third kappa shape index (κ3) is 4.47. The van der Waals surface area contributed by atoms with Gasteiger partial charge in [-0.1, -0.05) is 0 Å². The standard InChI is InChI=1S/C14H26F2N2/c1-18(9-5-12-3-7-17-8-4-12)11-13-2-6-14(15,16)10-13/h12-13,17H,2-11H2,1H3. The van der Waals surface area contributed by atoms with Crippen molar-refractivity contribution in [1.82, 2.24) is 10.2 Å². The van der Waals surface area contributed by atoms with E-state index in [0.717, 1.165) is 32.1 Å². The lowest BCUT2D eigenvalue weighted by molar-refractivity contribution is 0.00373. The smallest absolute Gasteiger partial charge is 0.248 e. The highest BCUT2D eigenvalue weighted by Crippen LogP contribution is 2.39. The van der Waals surface area contributed by atoms with Gasteiger partial charge in [0.25, 0.3) is 0 Å². The van der Waals surface area contributed by atoms with Gasteiger partial charge in [0.05, 0.1) is 0 Å². The van der Waals surface area contributed by atoms with E-state index in [4.69, 9.17) is 0 Å². The number of hydrogen-bond donors (Lipinski definition) is 1. The third-order valence-corrected chi connectivity index (χ3v) is 4.45.